The van der Waals surface area contributed by atoms with Crippen molar-refractivity contribution in [3.05, 3.63) is 12.1 Å². The minimum Gasteiger partial charge on any atom is -0.493 e. The summed E-state index contributed by atoms with van der Waals surface area (Å²) in [6.07, 6.45) is -0.226. The van der Waals surface area contributed by atoms with Gasteiger partial charge in [-0.25, -0.2) is 0 Å². The fraction of sp³-hybridized carbons (Fsp3) is 0.455. The quantitative estimate of drug-likeness (QED) is 0.741. The Morgan fingerprint density at radius 3 is 2.87 bits per heavy atom. The number of hydrogen-bond donors (Lipinski definition) is 0. The zero-order chi connectivity index (χ0) is 10.8. The van der Waals surface area contributed by atoms with E-state index in [-0.39, 0.29) is 6.29 Å². The van der Waals surface area contributed by atoms with E-state index in [1.54, 1.807) is 18.9 Å². The fourth-order valence-electron chi connectivity index (χ4n) is 1.53. The smallest absolute Gasteiger partial charge is 0.239 e. The second kappa shape index (κ2) is 4.23. The van der Waals surface area contributed by atoms with Gasteiger partial charge in [0.05, 0.1) is 7.11 Å². The van der Waals surface area contributed by atoms with Crippen LogP contribution in [0.15, 0.2) is 17.0 Å². The Bertz CT molecular complexity index is 365. The number of rotatable bonds is 3. The van der Waals surface area contributed by atoms with E-state index in [4.69, 9.17) is 14.2 Å². The molecule has 0 radical (unpaired) electrons. The molecular formula is C11H14O3S. The maximum atomic E-state index is 5.52. The van der Waals surface area contributed by atoms with Crippen LogP contribution in [0.5, 0.6) is 17.2 Å². The van der Waals surface area contributed by atoms with Gasteiger partial charge >= 0.3 is 0 Å². The van der Waals surface area contributed by atoms with Crippen molar-refractivity contribution in [1.82, 2.24) is 0 Å². The van der Waals surface area contributed by atoms with Crippen molar-refractivity contribution < 1.29 is 14.2 Å². The standard InChI is InChI=1S/C11H14O3S/c1-4-15-8-5-9(12-3)11-10(6-8)13-7(2)14-11/h5-7H,4H2,1-3H3. The highest BCUT2D eigenvalue weighted by molar-refractivity contribution is 7.99. The molecule has 2 rings (SSSR count). The normalized spacial score (nSPS) is 17.9. The summed E-state index contributed by atoms with van der Waals surface area (Å²) in [7, 11) is 1.64. The molecule has 0 amide bonds. The highest BCUT2D eigenvalue weighted by Crippen LogP contribution is 2.45. The molecule has 0 N–H and O–H groups in total. The predicted molar refractivity (Wildman–Crippen MR) is 60.1 cm³/mol. The molecule has 82 valence electrons. The summed E-state index contributed by atoms with van der Waals surface area (Å²) < 4.78 is 16.3. The van der Waals surface area contributed by atoms with Crippen LogP contribution in [0.2, 0.25) is 0 Å². The van der Waals surface area contributed by atoms with E-state index in [9.17, 15) is 0 Å². The second-order valence-electron chi connectivity index (χ2n) is 3.19. The van der Waals surface area contributed by atoms with Gasteiger partial charge < -0.3 is 14.2 Å². The molecule has 1 heterocycles. The summed E-state index contributed by atoms with van der Waals surface area (Å²) in [5.41, 5.74) is 0. The third kappa shape index (κ3) is 2.00. The Kier molecular flexibility index (Phi) is 2.95. The van der Waals surface area contributed by atoms with Crippen LogP contribution < -0.4 is 14.2 Å². The Hall–Kier alpha value is -1.03. The molecule has 0 spiro atoms. The summed E-state index contributed by atoms with van der Waals surface area (Å²) in [6, 6.07) is 3.98. The van der Waals surface area contributed by atoms with Crippen molar-refractivity contribution in [3.8, 4) is 17.2 Å². The Morgan fingerprint density at radius 1 is 1.40 bits per heavy atom. The van der Waals surface area contributed by atoms with Crippen LogP contribution >= 0.6 is 11.8 Å². The first-order valence-corrected chi connectivity index (χ1v) is 5.91. The molecule has 4 heteroatoms. The third-order valence-electron chi connectivity index (χ3n) is 2.10. The topological polar surface area (TPSA) is 27.7 Å². The molecule has 1 atom stereocenters. The Morgan fingerprint density at radius 2 is 2.20 bits per heavy atom. The molecule has 0 saturated heterocycles. The zero-order valence-corrected chi connectivity index (χ0v) is 9.89. The second-order valence-corrected chi connectivity index (χ2v) is 4.53. The molecule has 0 fully saturated rings. The van der Waals surface area contributed by atoms with Crippen LogP contribution in [-0.4, -0.2) is 19.2 Å². The van der Waals surface area contributed by atoms with Crippen LogP contribution in [0.25, 0.3) is 0 Å². The molecule has 1 aromatic carbocycles. The number of benzene rings is 1. The molecule has 1 unspecified atom stereocenters. The van der Waals surface area contributed by atoms with Gasteiger partial charge in [0, 0.05) is 11.8 Å². The Balaban J connectivity index is 2.38. The van der Waals surface area contributed by atoms with Gasteiger partial charge in [0.1, 0.15) is 0 Å². The monoisotopic (exact) mass is 226 g/mol. The van der Waals surface area contributed by atoms with Gasteiger partial charge in [-0.3, -0.25) is 0 Å². The van der Waals surface area contributed by atoms with Crippen molar-refractivity contribution in [1.29, 1.82) is 0 Å². The minimum absolute atomic E-state index is 0.226. The number of thioether (sulfide) groups is 1. The molecule has 0 aromatic heterocycles. The molecule has 3 nitrogen and oxygen atoms in total. The van der Waals surface area contributed by atoms with E-state index in [0.717, 1.165) is 22.1 Å². The summed E-state index contributed by atoms with van der Waals surface area (Å²) in [5, 5.41) is 0. The van der Waals surface area contributed by atoms with Gasteiger partial charge in [-0.2, -0.15) is 0 Å². The van der Waals surface area contributed by atoms with Gasteiger partial charge in [-0.1, -0.05) is 6.92 Å². The van der Waals surface area contributed by atoms with Crippen LogP contribution in [-0.2, 0) is 0 Å². The van der Waals surface area contributed by atoms with Crippen LogP contribution in [0.1, 0.15) is 13.8 Å². The van der Waals surface area contributed by atoms with Crippen molar-refractivity contribution in [2.24, 2.45) is 0 Å². The summed E-state index contributed by atoms with van der Waals surface area (Å²) >= 11 is 1.76. The van der Waals surface area contributed by atoms with E-state index < -0.39 is 0 Å². The number of hydrogen-bond acceptors (Lipinski definition) is 4. The Labute approximate surface area is 93.7 Å². The van der Waals surface area contributed by atoms with Crippen molar-refractivity contribution in [3.63, 3.8) is 0 Å². The highest BCUT2D eigenvalue weighted by Gasteiger charge is 2.25. The first-order chi connectivity index (χ1) is 7.24. The average Bonchev–Trinajstić information content (AvgIpc) is 2.57. The van der Waals surface area contributed by atoms with E-state index in [1.165, 1.54) is 0 Å². The largest absolute Gasteiger partial charge is 0.493 e. The van der Waals surface area contributed by atoms with Gasteiger partial charge in [-0.15, -0.1) is 11.8 Å². The molecule has 0 bridgehead atoms. The highest BCUT2D eigenvalue weighted by atomic mass is 32.2. The first-order valence-electron chi connectivity index (χ1n) is 4.92. The molecule has 15 heavy (non-hydrogen) atoms. The van der Waals surface area contributed by atoms with E-state index >= 15 is 0 Å². The maximum absolute atomic E-state index is 5.52. The maximum Gasteiger partial charge on any atom is 0.239 e. The van der Waals surface area contributed by atoms with E-state index in [1.807, 2.05) is 19.1 Å². The number of fused-ring (bicyclic) bond motifs is 1. The van der Waals surface area contributed by atoms with Gasteiger partial charge in [-0.05, 0) is 17.9 Å². The third-order valence-corrected chi connectivity index (χ3v) is 2.96. The molecule has 0 aliphatic carbocycles. The molecular weight excluding hydrogens is 212 g/mol. The number of methoxy groups -OCH3 is 1. The lowest BCUT2D eigenvalue weighted by atomic mass is 10.3. The van der Waals surface area contributed by atoms with Crippen LogP contribution in [0.3, 0.4) is 0 Å². The fourth-order valence-corrected chi connectivity index (χ4v) is 2.24. The van der Waals surface area contributed by atoms with Gasteiger partial charge in [0.2, 0.25) is 12.0 Å². The first kappa shape index (κ1) is 10.5. The SMILES string of the molecule is CCSc1cc(OC)c2c(c1)OC(C)O2. The average molecular weight is 226 g/mol. The van der Waals surface area contributed by atoms with Gasteiger partial charge in [0.15, 0.2) is 11.5 Å². The minimum atomic E-state index is -0.226. The van der Waals surface area contributed by atoms with Gasteiger partial charge in [0.25, 0.3) is 0 Å². The lowest BCUT2D eigenvalue weighted by Crippen LogP contribution is -2.11. The van der Waals surface area contributed by atoms with Crippen LogP contribution in [0, 0.1) is 0 Å². The molecule has 1 aromatic rings. The number of ether oxygens (including phenoxy) is 3. The summed E-state index contributed by atoms with van der Waals surface area (Å²) in [6.45, 7) is 3.98. The molecule has 1 aliphatic heterocycles. The van der Waals surface area contributed by atoms with E-state index in [2.05, 4.69) is 6.92 Å². The lowest BCUT2D eigenvalue weighted by molar-refractivity contribution is 0.0664. The summed E-state index contributed by atoms with van der Waals surface area (Å²) in [4.78, 5) is 1.14. The van der Waals surface area contributed by atoms with Crippen molar-refractivity contribution in [2.45, 2.75) is 25.0 Å². The molecule has 0 saturated carbocycles. The zero-order valence-electron chi connectivity index (χ0n) is 9.07. The van der Waals surface area contributed by atoms with Crippen LogP contribution in [0.4, 0.5) is 0 Å². The molecule has 1 aliphatic rings. The van der Waals surface area contributed by atoms with E-state index in [0.29, 0.717) is 5.75 Å². The summed E-state index contributed by atoms with van der Waals surface area (Å²) in [5.74, 6) is 3.26. The van der Waals surface area contributed by atoms with Crippen molar-refractivity contribution >= 4 is 11.8 Å². The lowest BCUT2D eigenvalue weighted by Gasteiger charge is -2.06. The predicted octanol–water partition coefficient (Wildman–Crippen LogP) is 2.92. The van der Waals surface area contributed by atoms with Crippen molar-refractivity contribution in [2.75, 3.05) is 12.9 Å².